The number of hydrogen-bond donors (Lipinski definition) is 2. The van der Waals surface area contributed by atoms with Crippen molar-refractivity contribution in [3.8, 4) is 0 Å². The van der Waals surface area contributed by atoms with Gasteiger partial charge in [-0.1, -0.05) is 6.92 Å². The van der Waals surface area contributed by atoms with Crippen LogP contribution in [0.2, 0.25) is 0 Å². The van der Waals surface area contributed by atoms with Crippen LogP contribution in [0.15, 0.2) is 0 Å². The lowest BCUT2D eigenvalue weighted by Crippen LogP contribution is -2.20. The van der Waals surface area contributed by atoms with Crippen molar-refractivity contribution in [3.05, 3.63) is 0 Å². The highest BCUT2D eigenvalue weighted by atomic mass is 31.2. The smallest absolute Gasteiger partial charge is 0.376 e. The second kappa shape index (κ2) is 13.4. The molecule has 0 aliphatic carbocycles. The molecule has 0 bridgehead atoms. The lowest BCUT2D eigenvalue weighted by atomic mass is 10.4. The third kappa shape index (κ3) is 14.5. The normalized spacial score (nSPS) is 18.0. The van der Waals surface area contributed by atoms with Crippen molar-refractivity contribution in [1.82, 2.24) is 0 Å². The van der Waals surface area contributed by atoms with Crippen molar-refractivity contribution < 1.29 is 46.5 Å². The first-order chi connectivity index (χ1) is 11.2. The van der Waals surface area contributed by atoms with Gasteiger partial charge in [-0.25, -0.2) is 9.13 Å². The van der Waals surface area contributed by atoms with E-state index in [9.17, 15) is 14.0 Å². The van der Waals surface area contributed by atoms with Gasteiger partial charge in [0.05, 0.1) is 52.4 Å². The first-order valence-electron chi connectivity index (χ1n) is 7.65. The van der Waals surface area contributed by atoms with Crippen LogP contribution in [0.25, 0.3) is 0 Å². The zero-order valence-electron chi connectivity index (χ0n) is 14.3. The minimum absolute atomic E-state index is 0.0746. The molecule has 0 fully saturated rings. The molecule has 0 spiro atoms. The van der Waals surface area contributed by atoms with Crippen LogP contribution >= 0.6 is 15.6 Å². The third-order valence-electron chi connectivity index (χ3n) is 2.33. The number of phosphoric acid groups is 2. The summed E-state index contributed by atoms with van der Waals surface area (Å²) in [6.07, 6.45) is 0.315. The van der Waals surface area contributed by atoms with Gasteiger partial charge in [0.15, 0.2) is 0 Å². The van der Waals surface area contributed by atoms with E-state index in [0.717, 1.165) is 0 Å². The van der Waals surface area contributed by atoms with Gasteiger partial charge in [0, 0.05) is 0 Å². The van der Waals surface area contributed by atoms with Gasteiger partial charge < -0.3 is 19.3 Å². The molecule has 0 saturated carbocycles. The summed E-state index contributed by atoms with van der Waals surface area (Å²) in [5, 5.41) is 0. The van der Waals surface area contributed by atoms with Crippen LogP contribution in [-0.2, 0) is 36.7 Å². The summed E-state index contributed by atoms with van der Waals surface area (Å²) in [6.45, 7) is 5.58. The maximum absolute atomic E-state index is 11.3. The highest BCUT2D eigenvalue weighted by Gasteiger charge is 2.20. The molecule has 0 aromatic heterocycles. The molecular weight excluding hydrogens is 366 g/mol. The van der Waals surface area contributed by atoms with Gasteiger partial charge in [0.1, 0.15) is 0 Å². The standard InChI is InChI=1S/C12H28O10P2/c1-4-6-20-24(15,16)21-9-7-17-11-12(3)18-8-10-22-23(13,14)19-5-2/h12H,4-11H2,1-3H3,(H,13,14)(H,15,16). The molecule has 3 atom stereocenters. The van der Waals surface area contributed by atoms with Gasteiger partial charge in [-0.15, -0.1) is 0 Å². The Balaban J connectivity index is 3.61. The molecule has 0 heterocycles. The Morgan fingerprint density at radius 1 is 0.833 bits per heavy atom. The van der Waals surface area contributed by atoms with E-state index in [1.54, 1.807) is 13.8 Å². The molecule has 0 aromatic rings. The van der Waals surface area contributed by atoms with Crippen LogP contribution < -0.4 is 0 Å². The molecule has 0 amide bonds. The fourth-order valence-electron chi connectivity index (χ4n) is 1.36. The molecule has 3 unspecified atom stereocenters. The Bertz CT molecular complexity index is 405. The summed E-state index contributed by atoms with van der Waals surface area (Å²) in [7, 11) is -8.00. The highest BCUT2D eigenvalue weighted by molar-refractivity contribution is 7.47. The summed E-state index contributed by atoms with van der Waals surface area (Å²) in [4.78, 5) is 18.4. The van der Waals surface area contributed by atoms with Crippen LogP contribution in [0.1, 0.15) is 27.2 Å². The Kier molecular flexibility index (Phi) is 13.4. The Hall–Kier alpha value is 0.140. The van der Waals surface area contributed by atoms with Crippen molar-refractivity contribution >= 4 is 15.6 Å². The van der Waals surface area contributed by atoms with Crippen LogP contribution in [0.3, 0.4) is 0 Å². The van der Waals surface area contributed by atoms with Crippen molar-refractivity contribution in [3.63, 3.8) is 0 Å². The van der Waals surface area contributed by atoms with Crippen LogP contribution in [0, 0.1) is 0 Å². The summed E-state index contributed by atoms with van der Waals surface area (Å²) in [5.41, 5.74) is 0. The van der Waals surface area contributed by atoms with Gasteiger partial charge >= 0.3 is 15.6 Å². The molecule has 12 heteroatoms. The molecule has 24 heavy (non-hydrogen) atoms. The predicted octanol–water partition coefficient (Wildman–Crippen LogP) is 2.11. The fraction of sp³-hybridized carbons (Fsp3) is 1.00. The van der Waals surface area contributed by atoms with E-state index in [2.05, 4.69) is 13.6 Å². The SMILES string of the molecule is CCCOP(=O)(O)OCCOCC(C)OCCOP(=O)(O)OCC. The molecule has 0 aliphatic rings. The molecule has 0 rings (SSSR count). The average Bonchev–Trinajstić information content (AvgIpc) is 2.49. The van der Waals surface area contributed by atoms with Gasteiger partial charge in [-0.2, -0.15) is 0 Å². The lowest BCUT2D eigenvalue weighted by Gasteiger charge is -2.15. The molecule has 0 aromatic carbocycles. The molecule has 0 aliphatic heterocycles. The third-order valence-corrected chi connectivity index (χ3v) is 4.44. The number of hydrogen-bond acceptors (Lipinski definition) is 8. The van der Waals surface area contributed by atoms with Gasteiger partial charge in [-0.3, -0.25) is 18.1 Å². The van der Waals surface area contributed by atoms with Crippen molar-refractivity contribution in [2.24, 2.45) is 0 Å². The molecule has 10 nitrogen and oxygen atoms in total. The number of rotatable bonds is 16. The second-order valence-corrected chi connectivity index (χ2v) is 7.52. The van der Waals surface area contributed by atoms with E-state index < -0.39 is 15.6 Å². The summed E-state index contributed by atoms with van der Waals surface area (Å²) < 4.78 is 51.6. The van der Waals surface area contributed by atoms with E-state index in [0.29, 0.717) is 6.42 Å². The summed E-state index contributed by atoms with van der Waals surface area (Å²) in [5.74, 6) is 0. The number of ether oxygens (including phenoxy) is 2. The molecule has 2 N–H and O–H groups in total. The summed E-state index contributed by atoms with van der Waals surface area (Å²) >= 11 is 0. The molecule has 146 valence electrons. The van der Waals surface area contributed by atoms with E-state index in [4.69, 9.17) is 18.9 Å². The maximum Gasteiger partial charge on any atom is 0.472 e. The monoisotopic (exact) mass is 394 g/mol. The second-order valence-electron chi connectivity index (χ2n) is 4.61. The predicted molar refractivity (Wildman–Crippen MR) is 85.7 cm³/mol. The zero-order valence-corrected chi connectivity index (χ0v) is 16.1. The van der Waals surface area contributed by atoms with Gasteiger partial charge in [0.2, 0.25) is 0 Å². The van der Waals surface area contributed by atoms with E-state index in [-0.39, 0.29) is 52.4 Å². The molecular formula is C12H28O10P2. The van der Waals surface area contributed by atoms with E-state index in [1.807, 2.05) is 6.92 Å². The average molecular weight is 394 g/mol. The Labute approximate surface area is 142 Å². The largest absolute Gasteiger partial charge is 0.472 e. The van der Waals surface area contributed by atoms with Crippen LogP contribution in [-0.4, -0.2) is 62.1 Å². The Morgan fingerprint density at radius 2 is 1.38 bits per heavy atom. The van der Waals surface area contributed by atoms with E-state index in [1.165, 1.54) is 0 Å². The lowest BCUT2D eigenvalue weighted by molar-refractivity contribution is -0.0255. The Morgan fingerprint density at radius 3 is 1.96 bits per heavy atom. The quantitative estimate of drug-likeness (QED) is 0.296. The van der Waals surface area contributed by atoms with E-state index >= 15 is 0 Å². The minimum atomic E-state index is -4.01. The number of phosphoric ester groups is 2. The van der Waals surface area contributed by atoms with Crippen LogP contribution in [0.4, 0.5) is 0 Å². The van der Waals surface area contributed by atoms with Crippen molar-refractivity contribution in [2.45, 2.75) is 33.3 Å². The summed E-state index contributed by atoms with van der Waals surface area (Å²) in [6, 6.07) is 0. The zero-order chi connectivity index (χ0) is 18.5. The minimum Gasteiger partial charge on any atom is -0.376 e. The first kappa shape index (κ1) is 24.1. The van der Waals surface area contributed by atoms with Gasteiger partial charge in [-0.05, 0) is 20.3 Å². The van der Waals surface area contributed by atoms with Crippen molar-refractivity contribution in [1.29, 1.82) is 0 Å². The topological polar surface area (TPSA) is 130 Å². The fourth-order valence-corrected chi connectivity index (χ4v) is 2.85. The van der Waals surface area contributed by atoms with Crippen molar-refractivity contribution in [2.75, 3.05) is 46.2 Å². The molecule has 0 radical (unpaired) electrons. The maximum atomic E-state index is 11.3. The molecule has 0 saturated heterocycles. The highest BCUT2D eigenvalue weighted by Crippen LogP contribution is 2.43. The van der Waals surface area contributed by atoms with Gasteiger partial charge in [0.25, 0.3) is 0 Å². The van der Waals surface area contributed by atoms with Crippen LogP contribution in [0.5, 0.6) is 0 Å². The first-order valence-corrected chi connectivity index (χ1v) is 10.6.